The molecule has 0 aliphatic heterocycles. The topological polar surface area (TPSA) is 58.2 Å². The number of halogens is 1. The molecule has 2 aromatic rings. The van der Waals surface area contributed by atoms with Crippen LogP contribution in [0.3, 0.4) is 0 Å². The van der Waals surface area contributed by atoms with Crippen molar-refractivity contribution in [3.8, 4) is 0 Å². The molecule has 23 heavy (non-hydrogen) atoms. The van der Waals surface area contributed by atoms with Crippen LogP contribution in [0.1, 0.15) is 24.8 Å². The Morgan fingerprint density at radius 1 is 1.00 bits per heavy atom. The van der Waals surface area contributed by atoms with Gasteiger partial charge in [-0.05, 0) is 48.2 Å². The van der Waals surface area contributed by atoms with Crippen molar-refractivity contribution in [2.24, 2.45) is 5.92 Å². The van der Waals surface area contributed by atoms with Crippen LogP contribution in [-0.2, 0) is 9.59 Å². The third kappa shape index (κ3) is 3.71. The number of carbonyl (C=O) groups excluding carboxylic acids is 2. The van der Waals surface area contributed by atoms with Crippen LogP contribution < -0.4 is 10.6 Å². The van der Waals surface area contributed by atoms with Crippen LogP contribution in [0.25, 0.3) is 0 Å². The van der Waals surface area contributed by atoms with E-state index in [0.717, 1.165) is 12.0 Å². The molecule has 0 aromatic heterocycles. The van der Waals surface area contributed by atoms with E-state index in [1.807, 2.05) is 24.3 Å². The van der Waals surface area contributed by atoms with E-state index in [4.69, 9.17) is 11.6 Å². The van der Waals surface area contributed by atoms with Crippen LogP contribution in [0.4, 0.5) is 11.4 Å². The second kappa shape index (κ2) is 6.42. The van der Waals surface area contributed by atoms with Crippen molar-refractivity contribution in [1.82, 2.24) is 0 Å². The van der Waals surface area contributed by atoms with Crippen LogP contribution in [0.2, 0.25) is 5.02 Å². The molecule has 4 nitrogen and oxygen atoms in total. The average Bonchev–Trinajstić information content (AvgIpc) is 3.30. The molecule has 2 unspecified atom stereocenters. The van der Waals surface area contributed by atoms with Gasteiger partial charge in [0, 0.05) is 29.2 Å². The molecule has 2 amide bonds. The van der Waals surface area contributed by atoms with E-state index in [9.17, 15) is 9.59 Å². The van der Waals surface area contributed by atoms with E-state index in [1.165, 1.54) is 6.92 Å². The fourth-order valence-electron chi connectivity index (χ4n) is 2.68. The van der Waals surface area contributed by atoms with E-state index in [0.29, 0.717) is 16.4 Å². The van der Waals surface area contributed by atoms with Crippen LogP contribution in [0.5, 0.6) is 0 Å². The maximum Gasteiger partial charge on any atom is 0.228 e. The average molecular weight is 329 g/mol. The van der Waals surface area contributed by atoms with E-state index in [2.05, 4.69) is 10.6 Å². The Bertz CT molecular complexity index is 743. The van der Waals surface area contributed by atoms with Gasteiger partial charge in [-0.25, -0.2) is 0 Å². The Kier molecular flexibility index (Phi) is 4.35. The number of carbonyl (C=O) groups is 2. The zero-order valence-corrected chi connectivity index (χ0v) is 13.4. The fourth-order valence-corrected chi connectivity index (χ4v) is 2.96. The van der Waals surface area contributed by atoms with Crippen molar-refractivity contribution >= 4 is 34.8 Å². The Balaban J connectivity index is 1.60. The van der Waals surface area contributed by atoms with Crippen molar-refractivity contribution in [2.45, 2.75) is 19.3 Å². The zero-order chi connectivity index (χ0) is 16.4. The van der Waals surface area contributed by atoms with Crippen molar-refractivity contribution in [3.05, 3.63) is 59.1 Å². The third-order valence-electron chi connectivity index (χ3n) is 3.90. The molecule has 0 heterocycles. The van der Waals surface area contributed by atoms with Crippen molar-refractivity contribution in [3.63, 3.8) is 0 Å². The quantitative estimate of drug-likeness (QED) is 0.889. The highest BCUT2D eigenvalue weighted by molar-refractivity contribution is 6.31. The minimum absolute atomic E-state index is 0.00203. The van der Waals surface area contributed by atoms with Crippen LogP contribution in [0.15, 0.2) is 48.5 Å². The van der Waals surface area contributed by atoms with Crippen molar-refractivity contribution < 1.29 is 9.59 Å². The van der Waals surface area contributed by atoms with Gasteiger partial charge < -0.3 is 10.6 Å². The minimum Gasteiger partial charge on any atom is -0.326 e. The summed E-state index contributed by atoms with van der Waals surface area (Å²) in [6.45, 7) is 1.46. The second-order valence-corrected chi connectivity index (χ2v) is 6.13. The number of hydrogen-bond acceptors (Lipinski definition) is 2. The van der Waals surface area contributed by atoms with Crippen LogP contribution in [0, 0.1) is 5.92 Å². The van der Waals surface area contributed by atoms with E-state index < -0.39 is 0 Å². The maximum absolute atomic E-state index is 12.3. The number of nitrogens with one attached hydrogen (secondary N) is 2. The fraction of sp³-hybridized carbons (Fsp3) is 0.222. The summed E-state index contributed by atoms with van der Waals surface area (Å²) in [7, 11) is 0. The number of amides is 2. The molecule has 0 saturated heterocycles. The number of rotatable bonds is 4. The highest BCUT2D eigenvalue weighted by Gasteiger charge is 2.44. The van der Waals surface area contributed by atoms with Crippen LogP contribution >= 0.6 is 11.6 Å². The van der Waals surface area contributed by atoms with Gasteiger partial charge in [0.25, 0.3) is 0 Å². The van der Waals surface area contributed by atoms with Gasteiger partial charge in [-0.1, -0.05) is 29.8 Å². The Morgan fingerprint density at radius 3 is 2.22 bits per heavy atom. The van der Waals surface area contributed by atoms with Crippen molar-refractivity contribution in [1.29, 1.82) is 0 Å². The highest BCUT2D eigenvalue weighted by atomic mass is 35.5. The molecular weight excluding hydrogens is 312 g/mol. The first-order chi connectivity index (χ1) is 11.0. The summed E-state index contributed by atoms with van der Waals surface area (Å²) in [5.41, 5.74) is 2.46. The number of benzene rings is 2. The molecule has 0 radical (unpaired) electrons. The maximum atomic E-state index is 12.3. The largest absolute Gasteiger partial charge is 0.326 e. The predicted octanol–water partition coefficient (Wildman–Crippen LogP) is 4.04. The Labute approximate surface area is 139 Å². The lowest BCUT2D eigenvalue weighted by Gasteiger charge is -2.07. The van der Waals surface area contributed by atoms with Gasteiger partial charge >= 0.3 is 0 Å². The first-order valence-electron chi connectivity index (χ1n) is 7.47. The Hall–Kier alpha value is -2.33. The number of anilines is 2. The lowest BCUT2D eigenvalue weighted by Crippen LogP contribution is -2.14. The molecule has 2 aromatic carbocycles. The lowest BCUT2D eigenvalue weighted by molar-refractivity contribution is -0.117. The van der Waals surface area contributed by atoms with Gasteiger partial charge in [-0.2, -0.15) is 0 Å². The monoisotopic (exact) mass is 328 g/mol. The molecule has 0 bridgehead atoms. The standard InChI is InChI=1S/C18H17ClN2O2/c1-11(22)20-12-6-8-13(9-7-12)21-18(23)16-10-15(16)14-4-2-3-5-17(14)19/h2-9,15-16H,10H2,1H3,(H,20,22)(H,21,23). The summed E-state index contributed by atoms with van der Waals surface area (Å²) in [5, 5.41) is 6.31. The molecule has 118 valence electrons. The SMILES string of the molecule is CC(=O)Nc1ccc(NC(=O)C2CC2c2ccccc2Cl)cc1. The van der Waals surface area contributed by atoms with Gasteiger partial charge in [0.2, 0.25) is 11.8 Å². The zero-order valence-electron chi connectivity index (χ0n) is 12.7. The van der Waals surface area contributed by atoms with E-state index in [-0.39, 0.29) is 23.7 Å². The van der Waals surface area contributed by atoms with Gasteiger partial charge in [0.15, 0.2) is 0 Å². The summed E-state index contributed by atoms with van der Waals surface area (Å²) in [5.74, 6) is 0.0387. The molecule has 1 aliphatic carbocycles. The summed E-state index contributed by atoms with van der Waals surface area (Å²) in [4.78, 5) is 23.3. The normalized spacial score (nSPS) is 19.0. The molecule has 1 aliphatic rings. The molecular formula is C18H17ClN2O2. The summed E-state index contributed by atoms with van der Waals surface area (Å²) < 4.78 is 0. The summed E-state index contributed by atoms with van der Waals surface area (Å²) in [6, 6.07) is 14.7. The Morgan fingerprint density at radius 2 is 1.61 bits per heavy atom. The van der Waals surface area contributed by atoms with Gasteiger partial charge in [0.05, 0.1) is 0 Å². The van der Waals surface area contributed by atoms with Gasteiger partial charge in [-0.3, -0.25) is 9.59 Å². The molecule has 1 fully saturated rings. The second-order valence-electron chi connectivity index (χ2n) is 5.72. The highest BCUT2D eigenvalue weighted by Crippen LogP contribution is 2.49. The molecule has 2 atom stereocenters. The predicted molar refractivity (Wildman–Crippen MR) is 91.7 cm³/mol. The van der Waals surface area contributed by atoms with Crippen molar-refractivity contribution in [2.75, 3.05) is 10.6 Å². The minimum atomic E-state index is -0.123. The third-order valence-corrected chi connectivity index (χ3v) is 4.25. The molecule has 5 heteroatoms. The summed E-state index contributed by atoms with van der Waals surface area (Å²) >= 11 is 6.18. The van der Waals surface area contributed by atoms with E-state index in [1.54, 1.807) is 24.3 Å². The van der Waals surface area contributed by atoms with Crippen LogP contribution in [-0.4, -0.2) is 11.8 Å². The molecule has 3 rings (SSSR count). The molecule has 1 saturated carbocycles. The molecule has 2 N–H and O–H groups in total. The number of hydrogen-bond donors (Lipinski definition) is 2. The smallest absolute Gasteiger partial charge is 0.228 e. The van der Waals surface area contributed by atoms with Gasteiger partial charge in [0.1, 0.15) is 0 Å². The van der Waals surface area contributed by atoms with Gasteiger partial charge in [-0.15, -0.1) is 0 Å². The first kappa shape index (κ1) is 15.6. The molecule has 0 spiro atoms. The summed E-state index contributed by atoms with van der Waals surface area (Å²) in [6.07, 6.45) is 0.819. The lowest BCUT2D eigenvalue weighted by atomic mass is 10.1. The van der Waals surface area contributed by atoms with E-state index >= 15 is 0 Å². The first-order valence-corrected chi connectivity index (χ1v) is 7.85.